The number of aryl methyl sites for hydroxylation is 2. The maximum Gasteiger partial charge on any atom is 0.0950 e. The van der Waals surface area contributed by atoms with E-state index in [1.165, 1.54) is 51.2 Å². The van der Waals surface area contributed by atoms with Crippen molar-refractivity contribution in [1.82, 2.24) is 4.98 Å². The Balaban J connectivity index is 1.57. The maximum atomic E-state index is 6.44. The van der Waals surface area contributed by atoms with Crippen molar-refractivity contribution in [3.05, 3.63) is 63.6 Å². The van der Waals surface area contributed by atoms with Crippen LogP contribution in [0.4, 0.5) is 0 Å². The van der Waals surface area contributed by atoms with Crippen molar-refractivity contribution in [3.8, 4) is 0 Å². The zero-order valence-corrected chi connectivity index (χ0v) is 13.4. The Morgan fingerprint density at radius 2 is 1.86 bits per heavy atom. The van der Waals surface area contributed by atoms with Gasteiger partial charge in [-0.3, -0.25) is 0 Å². The Bertz CT molecular complexity index is 783. The molecule has 0 saturated heterocycles. The van der Waals surface area contributed by atoms with Gasteiger partial charge in [0.1, 0.15) is 0 Å². The van der Waals surface area contributed by atoms with Crippen molar-refractivity contribution >= 4 is 22.1 Å². The van der Waals surface area contributed by atoms with Gasteiger partial charge in [-0.25, -0.2) is 4.98 Å². The molecule has 1 atom stereocenters. The SMILES string of the molecule is NC(Cc1nc2c(s1)CCCC2)c1ccc2ccccc2c1. The Kier molecular flexibility index (Phi) is 3.68. The first-order chi connectivity index (χ1) is 10.8. The molecular formula is C19H20N2S. The second-order valence-corrected chi connectivity index (χ2v) is 7.27. The molecule has 2 nitrogen and oxygen atoms in total. The smallest absolute Gasteiger partial charge is 0.0950 e. The minimum atomic E-state index is 0.0252. The first-order valence-electron chi connectivity index (χ1n) is 8.01. The number of thiazole rings is 1. The third-order valence-electron chi connectivity index (χ3n) is 4.49. The minimum Gasteiger partial charge on any atom is -0.324 e. The van der Waals surface area contributed by atoms with Gasteiger partial charge >= 0.3 is 0 Å². The molecule has 3 aromatic rings. The van der Waals surface area contributed by atoms with Crippen LogP contribution in [-0.2, 0) is 19.3 Å². The Morgan fingerprint density at radius 3 is 2.73 bits per heavy atom. The topological polar surface area (TPSA) is 38.9 Å². The summed E-state index contributed by atoms with van der Waals surface area (Å²) in [7, 11) is 0. The third kappa shape index (κ3) is 2.67. The maximum absolute atomic E-state index is 6.44. The van der Waals surface area contributed by atoms with Gasteiger partial charge in [0, 0.05) is 17.3 Å². The summed E-state index contributed by atoms with van der Waals surface area (Å²) in [6.07, 6.45) is 5.80. The number of hydrogen-bond acceptors (Lipinski definition) is 3. The third-order valence-corrected chi connectivity index (χ3v) is 5.67. The molecule has 0 aliphatic heterocycles. The summed E-state index contributed by atoms with van der Waals surface area (Å²) in [5.74, 6) is 0. The molecular weight excluding hydrogens is 288 g/mol. The molecule has 112 valence electrons. The first-order valence-corrected chi connectivity index (χ1v) is 8.83. The van der Waals surface area contributed by atoms with Crippen LogP contribution in [-0.4, -0.2) is 4.98 Å². The lowest BCUT2D eigenvalue weighted by molar-refractivity contribution is 0.674. The molecule has 1 aliphatic rings. The van der Waals surface area contributed by atoms with E-state index in [4.69, 9.17) is 10.7 Å². The molecule has 1 unspecified atom stereocenters. The van der Waals surface area contributed by atoms with Crippen molar-refractivity contribution in [2.24, 2.45) is 5.73 Å². The highest BCUT2D eigenvalue weighted by Gasteiger charge is 2.17. The van der Waals surface area contributed by atoms with Crippen LogP contribution in [0.3, 0.4) is 0 Å². The number of benzene rings is 2. The van der Waals surface area contributed by atoms with E-state index in [9.17, 15) is 0 Å². The minimum absolute atomic E-state index is 0.0252. The zero-order valence-electron chi connectivity index (χ0n) is 12.6. The lowest BCUT2D eigenvalue weighted by Gasteiger charge is -2.11. The quantitative estimate of drug-likeness (QED) is 0.778. The van der Waals surface area contributed by atoms with Crippen LogP contribution >= 0.6 is 11.3 Å². The van der Waals surface area contributed by atoms with E-state index in [2.05, 4.69) is 42.5 Å². The summed E-state index contributed by atoms with van der Waals surface area (Å²) in [6.45, 7) is 0. The summed E-state index contributed by atoms with van der Waals surface area (Å²) in [5.41, 5.74) is 8.97. The predicted molar refractivity (Wildman–Crippen MR) is 93.3 cm³/mol. The Morgan fingerprint density at radius 1 is 1.05 bits per heavy atom. The second kappa shape index (κ2) is 5.82. The van der Waals surface area contributed by atoms with E-state index in [1.54, 1.807) is 0 Å². The normalized spacial score (nSPS) is 15.7. The molecule has 0 radical (unpaired) electrons. The lowest BCUT2D eigenvalue weighted by Crippen LogP contribution is -2.13. The summed E-state index contributed by atoms with van der Waals surface area (Å²) in [5, 5.41) is 3.73. The Labute approximate surface area is 135 Å². The van der Waals surface area contributed by atoms with Crippen molar-refractivity contribution in [1.29, 1.82) is 0 Å². The molecule has 0 amide bonds. The number of hydrogen-bond donors (Lipinski definition) is 1. The summed E-state index contributed by atoms with van der Waals surface area (Å²) >= 11 is 1.87. The highest BCUT2D eigenvalue weighted by atomic mass is 32.1. The molecule has 1 heterocycles. The molecule has 1 aliphatic carbocycles. The van der Waals surface area contributed by atoms with Gasteiger partial charge in [0.15, 0.2) is 0 Å². The molecule has 0 bridgehead atoms. The van der Waals surface area contributed by atoms with Gasteiger partial charge in [-0.15, -0.1) is 11.3 Å². The molecule has 22 heavy (non-hydrogen) atoms. The molecule has 1 aromatic heterocycles. The van der Waals surface area contributed by atoms with Gasteiger partial charge in [0.2, 0.25) is 0 Å². The van der Waals surface area contributed by atoms with Crippen LogP contribution in [0.5, 0.6) is 0 Å². The number of nitrogens with zero attached hydrogens (tertiary/aromatic N) is 1. The monoisotopic (exact) mass is 308 g/mol. The predicted octanol–water partition coefficient (Wildman–Crippen LogP) is 4.42. The summed E-state index contributed by atoms with van der Waals surface area (Å²) in [6, 6.07) is 15.0. The zero-order chi connectivity index (χ0) is 14.9. The van der Waals surface area contributed by atoms with Crippen LogP contribution in [0.2, 0.25) is 0 Å². The molecule has 2 aromatic carbocycles. The fourth-order valence-corrected chi connectivity index (χ4v) is 4.45. The summed E-state index contributed by atoms with van der Waals surface area (Å²) in [4.78, 5) is 6.31. The van der Waals surface area contributed by atoms with Crippen molar-refractivity contribution in [2.45, 2.75) is 38.1 Å². The summed E-state index contributed by atoms with van der Waals surface area (Å²) < 4.78 is 0. The highest BCUT2D eigenvalue weighted by Crippen LogP contribution is 2.29. The largest absolute Gasteiger partial charge is 0.324 e. The lowest BCUT2D eigenvalue weighted by atomic mass is 10.0. The van der Waals surface area contributed by atoms with Crippen molar-refractivity contribution in [2.75, 3.05) is 0 Å². The van der Waals surface area contributed by atoms with Gasteiger partial charge in [-0.1, -0.05) is 36.4 Å². The number of nitrogens with two attached hydrogens (primary N) is 1. The van der Waals surface area contributed by atoms with Gasteiger partial charge < -0.3 is 5.73 Å². The van der Waals surface area contributed by atoms with Crippen LogP contribution in [0.15, 0.2) is 42.5 Å². The van der Waals surface area contributed by atoms with Crippen molar-refractivity contribution in [3.63, 3.8) is 0 Å². The molecule has 4 rings (SSSR count). The Hall–Kier alpha value is -1.71. The fourth-order valence-electron chi connectivity index (χ4n) is 3.24. The van der Waals surface area contributed by atoms with Crippen LogP contribution in [0.1, 0.15) is 40.0 Å². The van der Waals surface area contributed by atoms with E-state index in [0.717, 1.165) is 12.8 Å². The standard InChI is InChI=1S/C19H20N2S/c20-16(12-19-21-17-7-3-4-8-18(17)22-19)15-10-9-13-5-1-2-6-14(13)11-15/h1-2,5-6,9-11,16H,3-4,7-8,12,20H2. The van der Waals surface area contributed by atoms with Crippen LogP contribution in [0, 0.1) is 0 Å². The van der Waals surface area contributed by atoms with Crippen molar-refractivity contribution < 1.29 is 0 Å². The van der Waals surface area contributed by atoms with E-state index in [1.807, 2.05) is 11.3 Å². The van der Waals surface area contributed by atoms with E-state index < -0.39 is 0 Å². The molecule has 0 spiro atoms. The molecule has 3 heteroatoms. The van der Waals surface area contributed by atoms with E-state index in [0.29, 0.717) is 0 Å². The van der Waals surface area contributed by atoms with Gasteiger partial charge in [-0.05, 0) is 48.1 Å². The van der Waals surface area contributed by atoms with E-state index in [-0.39, 0.29) is 6.04 Å². The molecule has 0 fully saturated rings. The number of fused-ring (bicyclic) bond motifs is 2. The highest BCUT2D eigenvalue weighted by molar-refractivity contribution is 7.11. The molecule has 2 N–H and O–H groups in total. The second-order valence-electron chi connectivity index (χ2n) is 6.10. The fraction of sp³-hybridized carbons (Fsp3) is 0.316. The van der Waals surface area contributed by atoms with Gasteiger partial charge in [0.05, 0.1) is 10.7 Å². The van der Waals surface area contributed by atoms with E-state index >= 15 is 0 Å². The molecule has 0 saturated carbocycles. The van der Waals surface area contributed by atoms with Crippen LogP contribution in [0.25, 0.3) is 10.8 Å². The van der Waals surface area contributed by atoms with Gasteiger partial charge in [0.25, 0.3) is 0 Å². The number of aromatic nitrogens is 1. The van der Waals surface area contributed by atoms with Gasteiger partial charge in [-0.2, -0.15) is 0 Å². The van der Waals surface area contributed by atoms with Crippen LogP contribution < -0.4 is 5.73 Å². The average Bonchev–Trinajstić information content (AvgIpc) is 2.96. The average molecular weight is 308 g/mol. The first kappa shape index (κ1) is 13.9. The number of rotatable bonds is 3.